The molecule has 1 aromatic carbocycles. The third-order valence-electron chi connectivity index (χ3n) is 3.40. The number of thiocarbonyl (C=S) groups is 1. The van der Waals surface area contributed by atoms with Gasteiger partial charge in [0, 0.05) is 18.1 Å². The van der Waals surface area contributed by atoms with E-state index in [1.54, 1.807) is 6.08 Å². The van der Waals surface area contributed by atoms with E-state index in [1.165, 1.54) is 0 Å². The average Bonchev–Trinajstić information content (AvgIpc) is 2.92. The minimum atomic E-state index is -0.504. The van der Waals surface area contributed by atoms with Crippen molar-refractivity contribution in [2.45, 2.75) is 25.7 Å². The van der Waals surface area contributed by atoms with E-state index in [9.17, 15) is 4.79 Å². The predicted octanol–water partition coefficient (Wildman–Crippen LogP) is 2.80. The zero-order valence-corrected chi connectivity index (χ0v) is 13.2. The zero-order chi connectivity index (χ0) is 15.9. The molecule has 6 heteroatoms. The smallest absolute Gasteiger partial charge is 0.407 e. The van der Waals surface area contributed by atoms with E-state index in [0.717, 1.165) is 5.56 Å². The quantitative estimate of drug-likeness (QED) is 0.645. The molecule has 118 valence electrons. The molecule has 1 amide bonds. The van der Waals surface area contributed by atoms with Gasteiger partial charge in [0.1, 0.15) is 12.7 Å². The second-order valence-electron chi connectivity index (χ2n) is 5.03. The summed E-state index contributed by atoms with van der Waals surface area (Å²) in [5.41, 5.74) is 0.928. The molecule has 0 radical (unpaired) electrons. The molecule has 0 saturated carbocycles. The maximum Gasteiger partial charge on any atom is 0.407 e. The molecule has 1 saturated heterocycles. The van der Waals surface area contributed by atoms with Gasteiger partial charge in [0.15, 0.2) is 6.10 Å². The monoisotopic (exact) mass is 321 g/mol. The van der Waals surface area contributed by atoms with Crippen LogP contribution in [0.25, 0.3) is 0 Å². The largest absolute Gasteiger partial charge is 0.449 e. The topological polar surface area (TPSA) is 56.8 Å². The molecule has 1 aromatic rings. The van der Waals surface area contributed by atoms with Crippen molar-refractivity contribution in [1.29, 1.82) is 0 Å². The highest BCUT2D eigenvalue weighted by atomic mass is 32.1. The summed E-state index contributed by atoms with van der Waals surface area (Å²) in [6.07, 6.45) is 0.669. The van der Waals surface area contributed by atoms with Gasteiger partial charge < -0.3 is 19.5 Å². The molecular weight excluding hydrogens is 302 g/mol. The Morgan fingerprint density at radius 2 is 2.18 bits per heavy atom. The summed E-state index contributed by atoms with van der Waals surface area (Å²) >= 11 is 4.91. The highest BCUT2D eigenvalue weighted by Gasteiger charge is 2.37. The fourth-order valence-electron chi connectivity index (χ4n) is 2.10. The van der Waals surface area contributed by atoms with Crippen molar-refractivity contribution in [1.82, 2.24) is 5.32 Å². The van der Waals surface area contributed by atoms with Crippen LogP contribution in [0.2, 0.25) is 0 Å². The first kappa shape index (κ1) is 16.3. The van der Waals surface area contributed by atoms with Crippen molar-refractivity contribution in [2.75, 3.05) is 6.54 Å². The molecule has 3 atom stereocenters. The minimum Gasteiger partial charge on any atom is -0.449 e. The molecule has 1 heterocycles. The second-order valence-corrected chi connectivity index (χ2v) is 5.36. The zero-order valence-electron chi connectivity index (χ0n) is 12.4. The Bertz CT molecular complexity index is 534. The SMILES string of the molecule is C=C[C@@H](C)[C@@H]1OC(=S)O[C@H]1CNC(=O)OCc1ccccc1. The summed E-state index contributed by atoms with van der Waals surface area (Å²) in [7, 11) is 0. The van der Waals surface area contributed by atoms with Gasteiger partial charge in [-0.1, -0.05) is 43.3 Å². The number of carbonyl (C=O) groups excluding carboxylic acids is 1. The Morgan fingerprint density at radius 3 is 2.86 bits per heavy atom. The van der Waals surface area contributed by atoms with E-state index in [1.807, 2.05) is 37.3 Å². The molecule has 0 bridgehead atoms. The van der Waals surface area contributed by atoms with Crippen LogP contribution in [0, 0.1) is 5.92 Å². The van der Waals surface area contributed by atoms with Crippen LogP contribution >= 0.6 is 12.2 Å². The van der Waals surface area contributed by atoms with Crippen molar-refractivity contribution in [2.24, 2.45) is 5.92 Å². The third kappa shape index (κ3) is 4.46. The van der Waals surface area contributed by atoms with Crippen molar-refractivity contribution in [3.63, 3.8) is 0 Å². The molecule has 1 aliphatic heterocycles. The van der Waals surface area contributed by atoms with Gasteiger partial charge in [-0.25, -0.2) is 4.79 Å². The maximum absolute atomic E-state index is 11.7. The van der Waals surface area contributed by atoms with Crippen LogP contribution in [-0.2, 0) is 20.8 Å². The average molecular weight is 321 g/mol. The van der Waals surface area contributed by atoms with Gasteiger partial charge in [-0.15, -0.1) is 6.58 Å². The highest BCUT2D eigenvalue weighted by Crippen LogP contribution is 2.22. The molecule has 0 unspecified atom stereocenters. The number of hydrogen-bond acceptors (Lipinski definition) is 5. The minimum absolute atomic E-state index is 0.0626. The van der Waals surface area contributed by atoms with Gasteiger partial charge in [0.05, 0.1) is 6.54 Å². The Labute approximate surface area is 135 Å². The Morgan fingerprint density at radius 1 is 1.45 bits per heavy atom. The van der Waals surface area contributed by atoms with Crippen molar-refractivity contribution < 1.29 is 19.0 Å². The predicted molar refractivity (Wildman–Crippen MR) is 86.3 cm³/mol. The van der Waals surface area contributed by atoms with E-state index < -0.39 is 6.09 Å². The first-order valence-electron chi connectivity index (χ1n) is 7.04. The van der Waals surface area contributed by atoms with Crippen LogP contribution in [-0.4, -0.2) is 30.1 Å². The number of amides is 1. The van der Waals surface area contributed by atoms with E-state index in [0.29, 0.717) is 0 Å². The fourth-order valence-corrected chi connectivity index (χ4v) is 2.34. The number of ether oxygens (including phenoxy) is 3. The maximum atomic E-state index is 11.7. The molecule has 2 rings (SSSR count). The number of nitrogens with one attached hydrogen (secondary N) is 1. The van der Waals surface area contributed by atoms with Crippen LogP contribution in [0.5, 0.6) is 0 Å². The summed E-state index contributed by atoms with van der Waals surface area (Å²) in [6.45, 7) is 6.17. The summed E-state index contributed by atoms with van der Waals surface area (Å²) in [5, 5.41) is 2.76. The van der Waals surface area contributed by atoms with E-state index in [4.69, 9.17) is 26.4 Å². The second kappa shape index (κ2) is 7.79. The Hall–Kier alpha value is -2.08. The number of carbonyl (C=O) groups is 1. The molecule has 0 aliphatic carbocycles. The van der Waals surface area contributed by atoms with Crippen LogP contribution in [0.1, 0.15) is 12.5 Å². The van der Waals surface area contributed by atoms with Crippen molar-refractivity contribution >= 4 is 23.5 Å². The molecule has 0 aromatic heterocycles. The van der Waals surface area contributed by atoms with Gasteiger partial charge in [0.25, 0.3) is 0 Å². The summed E-state index contributed by atoms with van der Waals surface area (Å²) in [4.78, 5) is 11.7. The molecule has 1 aliphatic rings. The third-order valence-corrected chi connectivity index (χ3v) is 3.59. The van der Waals surface area contributed by atoms with Crippen molar-refractivity contribution in [3.05, 3.63) is 48.6 Å². The lowest BCUT2D eigenvalue weighted by Crippen LogP contribution is -2.39. The summed E-state index contributed by atoms with van der Waals surface area (Å²) in [6, 6.07) is 9.47. The van der Waals surface area contributed by atoms with E-state index in [-0.39, 0.29) is 36.5 Å². The standard InChI is InChI=1S/C16H19NO4S/c1-3-11(2)14-13(20-16(22)21-14)9-17-15(18)19-10-12-7-5-4-6-8-12/h3-8,11,13-14H,1,9-10H2,2H3,(H,17,18)/t11-,13+,14+/m1/s1. The number of alkyl carbamates (subject to hydrolysis) is 1. The number of rotatable bonds is 6. The van der Waals surface area contributed by atoms with Gasteiger partial charge in [-0.3, -0.25) is 0 Å². The van der Waals surface area contributed by atoms with E-state index >= 15 is 0 Å². The van der Waals surface area contributed by atoms with Crippen LogP contribution in [0.4, 0.5) is 4.79 Å². The van der Waals surface area contributed by atoms with Gasteiger partial charge in [-0.2, -0.15) is 0 Å². The van der Waals surface area contributed by atoms with E-state index in [2.05, 4.69) is 11.9 Å². The normalized spacial score (nSPS) is 21.4. The first-order valence-corrected chi connectivity index (χ1v) is 7.45. The summed E-state index contributed by atoms with van der Waals surface area (Å²) in [5.74, 6) is 0.0626. The van der Waals surface area contributed by atoms with Gasteiger partial charge >= 0.3 is 11.3 Å². The Kier molecular flexibility index (Phi) is 5.77. The first-order chi connectivity index (χ1) is 10.6. The molecule has 1 N–H and O–H groups in total. The van der Waals surface area contributed by atoms with Crippen molar-refractivity contribution in [3.8, 4) is 0 Å². The lowest BCUT2D eigenvalue weighted by Gasteiger charge is -2.19. The van der Waals surface area contributed by atoms with Crippen LogP contribution in [0.15, 0.2) is 43.0 Å². The number of hydrogen-bond donors (Lipinski definition) is 1. The molecule has 22 heavy (non-hydrogen) atoms. The lowest BCUT2D eigenvalue weighted by atomic mass is 10.00. The van der Waals surface area contributed by atoms with Crippen LogP contribution < -0.4 is 5.32 Å². The van der Waals surface area contributed by atoms with Gasteiger partial charge in [0.2, 0.25) is 0 Å². The lowest BCUT2D eigenvalue weighted by molar-refractivity contribution is 0.109. The molecule has 5 nitrogen and oxygen atoms in total. The van der Waals surface area contributed by atoms with Gasteiger partial charge in [-0.05, 0) is 5.56 Å². The molecule has 1 fully saturated rings. The number of benzene rings is 1. The fraction of sp³-hybridized carbons (Fsp3) is 0.375. The molecule has 0 spiro atoms. The van der Waals surface area contributed by atoms with Crippen LogP contribution in [0.3, 0.4) is 0 Å². The molecular formula is C16H19NO4S. The summed E-state index contributed by atoms with van der Waals surface area (Å²) < 4.78 is 16.0. The Balaban J connectivity index is 1.77. The highest BCUT2D eigenvalue weighted by molar-refractivity contribution is 7.79.